The number of aliphatic hydroxyl groups excluding tert-OH is 1. The van der Waals surface area contributed by atoms with Crippen molar-refractivity contribution in [3.63, 3.8) is 0 Å². The maximum absolute atomic E-state index is 9.82. The minimum Gasteiger partial charge on any atom is -0.394 e. The lowest BCUT2D eigenvalue weighted by atomic mass is 9.85. The predicted molar refractivity (Wildman–Crippen MR) is 80.2 cm³/mol. The smallest absolute Gasteiger partial charge is 0.0616 e. The first-order valence-corrected chi connectivity index (χ1v) is 8.19. The van der Waals surface area contributed by atoms with Crippen LogP contribution in [0.2, 0.25) is 0 Å². The third-order valence-corrected chi connectivity index (χ3v) is 5.63. The Morgan fingerprint density at radius 2 is 1.95 bits per heavy atom. The average molecular weight is 268 g/mol. The van der Waals surface area contributed by atoms with E-state index in [2.05, 4.69) is 31.0 Å². The van der Waals surface area contributed by atoms with Gasteiger partial charge in [-0.1, -0.05) is 27.2 Å². The summed E-state index contributed by atoms with van der Waals surface area (Å²) in [5, 5.41) is 13.4. The number of hydrogen-bond acceptors (Lipinski definition) is 3. The van der Waals surface area contributed by atoms with Gasteiger partial charge in [0.15, 0.2) is 0 Å². The Morgan fingerprint density at radius 1 is 1.26 bits per heavy atom. The van der Waals surface area contributed by atoms with Crippen molar-refractivity contribution >= 4 is 0 Å². The SMILES string of the molecule is CCNC1(CO)CCCC1CCN1CC(C)C(C)C1. The van der Waals surface area contributed by atoms with Gasteiger partial charge in [0.05, 0.1) is 6.61 Å². The zero-order valence-electron chi connectivity index (χ0n) is 13.0. The fraction of sp³-hybridized carbons (Fsp3) is 1.00. The molecule has 4 unspecified atom stereocenters. The molecule has 0 radical (unpaired) electrons. The number of aliphatic hydroxyl groups is 1. The molecule has 1 aliphatic carbocycles. The summed E-state index contributed by atoms with van der Waals surface area (Å²) in [6, 6.07) is 0. The van der Waals surface area contributed by atoms with Gasteiger partial charge in [0.25, 0.3) is 0 Å². The largest absolute Gasteiger partial charge is 0.394 e. The molecule has 2 fully saturated rings. The molecule has 3 nitrogen and oxygen atoms in total. The second-order valence-electron chi connectivity index (χ2n) is 6.94. The predicted octanol–water partition coefficient (Wildman–Crippen LogP) is 2.10. The Labute approximate surface area is 118 Å². The first-order chi connectivity index (χ1) is 9.11. The molecule has 4 atom stereocenters. The second-order valence-corrected chi connectivity index (χ2v) is 6.94. The molecular weight excluding hydrogens is 236 g/mol. The molecule has 0 amide bonds. The van der Waals surface area contributed by atoms with Crippen LogP contribution >= 0.6 is 0 Å². The lowest BCUT2D eigenvalue weighted by Gasteiger charge is -2.35. The number of hydrogen-bond donors (Lipinski definition) is 2. The first-order valence-electron chi connectivity index (χ1n) is 8.19. The van der Waals surface area contributed by atoms with E-state index in [1.807, 2.05) is 0 Å². The van der Waals surface area contributed by atoms with Gasteiger partial charge < -0.3 is 15.3 Å². The van der Waals surface area contributed by atoms with Crippen LogP contribution in [-0.4, -0.2) is 48.3 Å². The third-order valence-electron chi connectivity index (χ3n) is 5.63. The molecule has 2 aliphatic rings. The van der Waals surface area contributed by atoms with Crippen LogP contribution in [0.1, 0.15) is 46.5 Å². The van der Waals surface area contributed by atoms with Crippen molar-refractivity contribution in [1.82, 2.24) is 10.2 Å². The maximum atomic E-state index is 9.82. The number of likely N-dealkylation sites (N-methyl/N-ethyl adjacent to an activating group) is 1. The summed E-state index contributed by atoms with van der Waals surface area (Å²) in [6.07, 6.45) is 4.94. The summed E-state index contributed by atoms with van der Waals surface area (Å²) in [4.78, 5) is 2.63. The van der Waals surface area contributed by atoms with E-state index >= 15 is 0 Å². The Kier molecular flexibility index (Phi) is 5.27. The van der Waals surface area contributed by atoms with Crippen LogP contribution in [0.25, 0.3) is 0 Å². The molecule has 1 saturated heterocycles. The second kappa shape index (κ2) is 6.55. The monoisotopic (exact) mass is 268 g/mol. The van der Waals surface area contributed by atoms with E-state index < -0.39 is 0 Å². The van der Waals surface area contributed by atoms with Gasteiger partial charge in [-0.2, -0.15) is 0 Å². The highest BCUT2D eigenvalue weighted by molar-refractivity contribution is 4.99. The van der Waals surface area contributed by atoms with Crippen molar-refractivity contribution in [3.8, 4) is 0 Å². The minimum atomic E-state index is 0.0196. The summed E-state index contributed by atoms with van der Waals surface area (Å²) in [6.45, 7) is 11.9. The Hall–Kier alpha value is -0.120. The van der Waals surface area contributed by atoms with E-state index in [4.69, 9.17) is 0 Å². The van der Waals surface area contributed by atoms with Gasteiger partial charge in [-0.3, -0.25) is 0 Å². The van der Waals surface area contributed by atoms with Crippen LogP contribution in [-0.2, 0) is 0 Å². The number of likely N-dealkylation sites (tertiary alicyclic amines) is 1. The summed E-state index contributed by atoms with van der Waals surface area (Å²) < 4.78 is 0. The van der Waals surface area contributed by atoms with Gasteiger partial charge >= 0.3 is 0 Å². The Morgan fingerprint density at radius 3 is 2.53 bits per heavy atom. The lowest BCUT2D eigenvalue weighted by Crippen LogP contribution is -2.51. The minimum absolute atomic E-state index is 0.0196. The molecule has 2 rings (SSSR count). The average Bonchev–Trinajstić information content (AvgIpc) is 2.93. The molecule has 1 aliphatic heterocycles. The van der Waals surface area contributed by atoms with Crippen molar-refractivity contribution in [1.29, 1.82) is 0 Å². The number of rotatable bonds is 6. The molecule has 0 aromatic rings. The van der Waals surface area contributed by atoms with Gasteiger partial charge in [0, 0.05) is 18.6 Å². The molecule has 1 heterocycles. The molecule has 0 aromatic heterocycles. The summed E-state index contributed by atoms with van der Waals surface area (Å²) >= 11 is 0. The molecule has 19 heavy (non-hydrogen) atoms. The summed E-state index contributed by atoms with van der Waals surface area (Å²) in [5.74, 6) is 2.35. The van der Waals surface area contributed by atoms with E-state index in [0.717, 1.165) is 24.8 Å². The molecule has 0 bridgehead atoms. The Bertz CT molecular complexity index is 274. The summed E-state index contributed by atoms with van der Waals surface area (Å²) in [5.41, 5.74) is 0.0196. The zero-order valence-corrected chi connectivity index (χ0v) is 13.0. The van der Waals surface area contributed by atoms with Crippen LogP contribution in [0, 0.1) is 17.8 Å². The molecule has 3 heteroatoms. The maximum Gasteiger partial charge on any atom is 0.0616 e. The zero-order chi connectivity index (χ0) is 13.9. The number of nitrogens with one attached hydrogen (secondary N) is 1. The van der Waals surface area contributed by atoms with Crippen LogP contribution in [0.15, 0.2) is 0 Å². The summed E-state index contributed by atoms with van der Waals surface area (Å²) in [7, 11) is 0. The quantitative estimate of drug-likeness (QED) is 0.774. The van der Waals surface area contributed by atoms with E-state index in [9.17, 15) is 5.11 Å². The molecule has 112 valence electrons. The Balaban J connectivity index is 1.84. The van der Waals surface area contributed by atoms with Crippen LogP contribution in [0.5, 0.6) is 0 Å². The first kappa shape index (κ1) is 15.3. The molecule has 0 spiro atoms. The van der Waals surface area contributed by atoms with E-state index in [1.165, 1.54) is 38.9 Å². The van der Waals surface area contributed by atoms with Gasteiger partial charge in [-0.15, -0.1) is 0 Å². The lowest BCUT2D eigenvalue weighted by molar-refractivity contribution is 0.114. The highest BCUT2D eigenvalue weighted by Crippen LogP contribution is 2.38. The standard InChI is InChI=1S/C16H32N2O/c1-4-17-16(12-19)8-5-6-15(16)7-9-18-10-13(2)14(3)11-18/h13-15,17,19H,4-12H2,1-3H3. The van der Waals surface area contributed by atoms with Gasteiger partial charge in [-0.25, -0.2) is 0 Å². The molecular formula is C16H32N2O. The van der Waals surface area contributed by atoms with Crippen molar-refractivity contribution in [3.05, 3.63) is 0 Å². The van der Waals surface area contributed by atoms with Crippen molar-refractivity contribution in [2.45, 2.75) is 52.0 Å². The van der Waals surface area contributed by atoms with Crippen molar-refractivity contribution < 1.29 is 5.11 Å². The highest BCUT2D eigenvalue weighted by Gasteiger charge is 2.41. The van der Waals surface area contributed by atoms with Gasteiger partial charge in [-0.05, 0) is 50.1 Å². The van der Waals surface area contributed by atoms with E-state index in [-0.39, 0.29) is 5.54 Å². The topological polar surface area (TPSA) is 35.5 Å². The normalized spacial score (nSPS) is 40.1. The fourth-order valence-corrected chi connectivity index (χ4v) is 4.18. The van der Waals surface area contributed by atoms with Gasteiger partial charge in [0.1, 0.15) is 0 Å². The van der Waals surface area contributed by atoms with E-state index in [0.29, 0.717) is 12.5 Å². The van der Waals surface area contributed by atoms with Crippen LogP contribution < -0.4 is 5.32 Å². The van der Waals surface area contributed by atoms with Crippen molar-refractivity contribution in [2.24, 2.45) is 17.8 Å². The van der Waals surface area contributed by atoms with Crippen LogP contribution in [0.4, 0.5) is 0 Å². The van der Waals surface area contributed by atoms with Gasteiger partial charge in [0.2, 0.25) is 0 Å². The molecule has 1 saturated carbocycles. The number of nitrogens with zero attached hydrogens (tertiary/aromatic N) is 1. The third kappa shape index (κ3) is 3.32. The molecule has 0 aromatic carbocycles. The van der Waals surface area contributed by atoms with Crippen LogP contribution in [0.3, 0.4) is 0 Å². The molecule has 2 N–H and O–H groups in total. The van der Waals surface area contributed by atoms with E-state index in [1.54, 1.807) is 0 Å². The highest BCUT2D eigenvalue weighted by atomic mass is 16.3. The van der Waals surface area contributed by atoms with Crippen molar-refractivity contribution in [2.75, 3.05) is 32.8 Å². The fourth-order valence-electron chi connectivity index (χ4n) is 4.18.